The third kappa shape index (κ3) is 17.6. The molecule has 0 N–H and O–H groups in total. The number of hydrogen-bond donors (Lipinski definition) is 0. The van der Waals surface area contributed by atoms with E-state index in [9.17, 15) is 33.6 Å². The Labute approximate surface area is 497 Å². The summed E-state index contributed by atoms with van der Waals surface area (Å²) in [5, 5.41) is 7.08. The quantitative estimate of drug-likeness (QED) is 0.0268. The molecule has 0 atom stereocenters. The van der Waals surface area contributed by atoms with E-state index >= 15 is 0 Å². The van der Waals surface area contributed by atoms with E-state index in [0.717, 1.165) is 103 Å². The van der Waals surface area contributed by atoms with Crippen LogP contribution in [0.15, 0.2) is 74.3 Å². The zero-order valence-electron chi connectivity index (χ0n) is 48.7. The van der Waals surface area contributed by atoms with Crippen LogP contribution in [-0.2, 0) is 62.0 Å². The molecule has 0 unspecified atom stereocenters. The highest BCUT2D eigenvalue weighted by atomic mass is 32.2. The third-order valence-electron chi connectivity index (χ3n) is 16.8. The van der Waals surface area contributed by atoms with Crippen LogP contribution >= 0.6 is 23.5 Å². The smallest absolute Gasteiger partial charge is 0.330 e. The standard InChI is InChI=1S/C64H84N2O15S2/c1-6-51(67)76-38-16-10-8-14-36-74-45-28-32-47(33-29-45)78-60(70)41-20-24-43(25-21-41)62(72)80-55-49-18-12-13-19-50(49)56(58-57(55)82-64(83-58)53-54(40(3)4)65-66(5)59(53)69)81-63(73)44-26-22-42(23-27-44)61(71)79-48-34-30-46(31-35-48)75-37-15-9-11-17-39-77-52(68)7-2/h6-7,12-13,18-19,40-48H,1-2,8-11,14-17,20-39H2,3-5H3. The second-order valence-corrected chi connectivity index (χ2v) is 25.4. The van der Waals surface area contributed by atoms with Crippen molar-refractivity contribution in [2.24, 2.45) is 34.7 Å². The first-order chi connectivity index (χ1) is 40.2. The predicted molar refractivity (Wildman–Crippen MR) is 315 cm³/mol. The van der Waals surface area contributed by atoms with Gasteiger partial charge in [0.25, 0.3) is 5.91 Å². The van der Waals surface area contributed by atoms with E-state index < -0.39 is 35.7 Å². The molecule has 0 saturated heterocycles. The number of carbonyl (C=O) groups excluding carboxylic acids is 7. The minimum absolute atomic E-state index is 0.0714. The molecule has 2 aromatic rings. The first kappa shape index (κ1) is 63.5. The van der Waals surface area contributed by atoms with Gasteiger partial charge in [-0.15, -0.1) is 0 Å². The number of esters is 6. The molecule has 0 aromatic heterocycles. The Bertz CT molecular complexity index is 2550. The normalized spacial score (nSPS) is 24.4. The van der Waals surface area contributed by atoms with Gasteiger partial charge >= 0.3 is 35.8 Å². The highest BCUT2D eigenvalue weighted by molar-refractivity contribution is 8.25. The van der Waals surface area contributed by atoms with Gasteiger partial charge in [0, 0.05) is 43.2 Å². The Morgan fingerprint density at radius 2 is 0.904 bits per heavy atom. The number of hydrazone groups is 1. The van der Waals surface area contributed by atoms with E-state index in [1.807, 2.05) is 38.1 Å². The number of hydrogen-bond acceptors (Lipinski definition) is 18. The predicted octanol–water partition coefficient (Wildman–Crippen LogP) is 12.5. The fourth-order valence-electron chi connectivity index (χ4n) is 11.9. The van der Waals surface area contributed by atoms with Gasteiger partial charge in [-0.2, -0.15) is 5.10 Å². The van der Waals surface area contributed by atoms with Crippen molar-refractivity contribution in [2.45, 2.75) is 202 Å². The van der Waals surface area contributed by atoms with Gasteiger partial charge in [-0.05, 0) is 147 Å². The molecule has 83 heavy (non-hydrogen) atoms. The Hall–Kier alpha value is -5.50. The van der Waals surface area contributed by atoms with Crippen molar-refractivity contribution in [1.82, 2.24) is 5.01 Å². The average molecular weight is 1190 g/mol. The number of benzene rings is 2. The Morgan fingerprint density at radius 3 is 1.28 bits per heavy atom. The van der Waals surface area contributed by atoms with Crippen molar-refractivity contribution in [1.29, 1.82) is 0 Å². The number of fused-ring (bicyclic) bond motifs is 2. The van der Waals surface area contributed by atoms with Crippen LogP contribution in [-0.4, -0.2) is 110 Å². The molecule has 6 aliphatic rings. The molecular formula is C64H84N2O15S2. The van der Waals surface area contributed by atoms with Gasteiger partial charge in [0.1, 0.15) is 12.2 Å². The number of carbonyl (C=O) groups is 7. The Balaban J connectivity index is 0.833. The molecule has 452 valence electrons. The lowest BCUT2D eigenvalue weighted by Crippen LogP contribution is -2.33. The van der Waals surface area contributed by atoms with Crippen molar-refractivity contribution in [3.63, 3.8) is 0 Å². The van der Waals surface area contributed by atoms with Crippen molar-refractivity contribution in [3.05, 3.63) is 59.4 Å². The summed E-state index contributed by atoms with van der Waals surface area (Å²) in [5.41, 5.74) is 1.10. The number of thioether (sulfide) groups is 2. The summed E-state index contributed by atoms with van der Waals surface area (Å²) >= 11 is 2.63. The van der Waals surface area contributed by atoms with E-state index in [0.29, 0.717) is 125 Å². The van der Waals surface area contributed by atoms with Gasteiger partial charge < -0.3 is 37.9 Å². The molecule has 2 aliphatic heterocycles. The van der Waals surface area contributed by atoms with Crippen LogP contribution in [0, 0.1) is 29.6 Å². The molecule has 4 saturated carbocycles. The fourth-order valence-corrected chi connectivity index (χ4v) is 14.6. The maximum atomic E-state index is 14.3. The molecule has 8 rings (SSSR count). The second kappa shape index (κ2) is 31.6. The first-order valence-electron chi connectivity index (χ1n) is 30.4. The van der Waals surface area contributed by atoms with Crippen LogP contribution in [0.3, 0.4) is 0 Å². The number of amides is 1. The van der Waals surface area contributed by atoms with E-state index in [1.54, 1.807) is 7.05 Å². The van der Waals surface area contributed by atoms with Crippen LogP contribution < -0.4 is 9.47 Å². The molecular weight excluding hydrogens is 1100 g/mol. The van der Waals surface area contributed by atoms with E-state index in [4.69, 9.17) is 37.9 Å². The lowest BCUT2D eigenvalue weighted by atomic mass is 9.82. The molecule has 0 spiro atoms. The second-order valence-electron chi connectivity index (χ2n) is 23.1. The molecule has 17 nitrogen and oxygen atoms in total. The number of nitrogens with zero attached hydrogens (tertiary/aromatic N) is 2. The minimum Gasteiger partial charge on any atom is -0.463 e. The molecule has 0 bridgehead atoms. The molecule has 2 aromatic carbocycles. The van der Waals surface area contributed by atoms with Crippen LogP contribution in [0.1, 0.15) is 168 Å². The summed E-state index contributed by atoms with van der Waals surface area (Å²) in [6, 6.07) is 7.38. The lowest BCUT2D eigenvalue weighted by Gasteiger charge is -2.31. The van der Waals surface area contributed by atoms with Crippen LogP contribution in [0.4, 0.5) is 0 Å². The molecule has 4 aliphatic carbocycles. The number of likely N-dealkylation sites (N-methyl/N-ethyl adjacent to an activating group) is 1. The molecule has 19 heteroatoms. The summed E-state index contributed by atoms with van der Waals surface area (Å²) in [4.78, 5) is 93.0. The number of ether oxygens (including phenoxy) is 8. The van der Waals surface area contributed by atoms with Gasteiger partial charge in [0.2, 0.25) is 0 Å². The summed E-state index contributed by atoms with van der Waals surface area (Å²) < 4.78 is 48.0. The zero-order chi connectivity index (χ0) is 58.8. The van der Waals surface area contributed by atoms with E-state index in [2.05, 4.69) is 18.3 Å². The average Bonchev–Trinajstić information content (AvgIpc) is 2.07. The monoisotopic (exact) mass is 1180 g/mol. The number of unbranched alkanes of at least 4 members (excludes halogenated alkanes) is 6. The van der Waals surface area contributed by atoms with Crippen LogP contribution in [0.25, 0.3) is 10.8 Å². The maximum Gasteiger partial charge on any atom is 0.330 e. The van der Waals surface area contributed by atoms with Crippen LogP contribution in [0.2, 0.25) is 0 Å². The SMILES string of the molecule is C=CC(=O)OCCCCCCOC1CCC(OC(=O)C2CCC(C(=O)Oc3c4c(c(OC(=O)C5CCC(C(=O)OC6CCC(OCCCCCCOC(=O)C=C)CC6)CC5)c5ccccc35)SC(=C3C(=O)N(C)N=C3C(C)C)S4)CC2)CC1. The maximum absolute atomic E-state index is 14.3. The summed E-state index contributed by atoms with van der Waals surface area (Å²) in [5.74, 6) is -3.24. The zero-order valence-corrected chi connectivity index (χ0v) is 50.3. The van der Waals surface area contributed by atoms with Crippen molar-refractivity contribution >= 4 is 81.7 Å². The third-order valence-corrected chi connectivity index (χ3v) is 19.4. The summed E-state index contributed by atoms with van der Waals surface area (Å²) in [6.07, 6.45) is 19.9. The van der Waals surface area contributed by atoms with Gasteiger partial charge in [-0.3, -0.25) is 24.0 Å². The van der Waals surface area contributed by atoms with Gasteiger partial charge in [0.05, 0.1) is 74.4 Å². The Kier molecular flexibility index (Phi) is 24.2. The molecule has 4 fully saturated rings. The summed E-state index contributed by atoms with van der Waals surface area (Å²) in [6.45, 7) is 12.9. The van der Waals surface area contributed by atoms with E-state index in [1.165, 1.54) is 40.7 Å². The van der Waals surface area contributed by atoms with Gasteiger partial charge in [-0.1, -0.05) is 87.6 Å². The van der Waals surface area contributed by atoms with Crippen molar-refractivity contribution in [3.8, 4) is 11.5 Å². The largest absolute Gasteiger partial charge is 0.463 e. The topological polar surface area (TPSA) is 209 Å². The van der Waals surface area contributed by atoms with Crippen LogP contribution in [0.5, 0.6) is 11.5 Å². The molecule has 0 radical (unpaired) electrons. The fraction of sp³-hybridized carbons (Fsp3) is 0.625. The van der Waals surface area contributed by atoms with E-state index in [-0.39, 0.29) is 60.0 Å². The lowest BCUT2D eigenvalue weighted by molar-refractivity contribution is -0.160. The van der Waals surface area contributed by atoms with Gasteiger partial charge in [0.15, 0.2) is 11.5 Å². The highest BCUT2D eigenvalue weighted by Crippen LogP contribution is 2.62. The highest BCUT2D eigenvalue weighted by Gasteiger charge is 2.42. The summed E-state index contributed by atoms with van der Waals surface area (Å²) in [7, 11) is 1.63. The number of rotatable bonds is 27. The van der Waals surface area contributed by atoms with Crippen molar-refractivity contribution < 1.29 is 71.5 Å². The molecule has 1 amide bonds. The first-order valence-corrected chi connectivity index (χ1v) is 32.1. The van der Waals surface area contributed by atoms with Gasteiger partial charge in [-0.25, -0.2) is 14.6 Å². The minimum atomic E-state index is -0.459. The molecule has 2 heterocycles. The van der Waals surface area contributed by atoms with Crippen molar-refractivity contribution in [2.75, 3.05) is 33.5 Å². The Morgan fingerprint density at radius 1 is 0.542 bits per heavy atom.